The standard InChI is InChI=1S/C13H13NO/c14-9-10-4-6-11(7-5-10)12-2-1-3-13(15)8-12/h4-7,12H,1-3,8H2/t12-/m1/s1. The normalized spacial score (nSPS) is 21.0. The fraction of sp³-hybridized carbons (Fsp3) is 0.385. The molecule has 0 amide bonds. The van der Waals surface area contributed by atoms with Crippen LogP contribution in [-0.4, -0.2) is 5.78 Å². The molecule has 0 heterocycles. The SMILES string of the molecule is N#Cc1ccc([C@@H]2CCCC(=O)C2)cc1. The molecule has 0 spiro atoms. The average molecular weight is 199 g/mol. The minimum Gasteiger partial charge on any atom is -0.300 e. The molecule has 0 aliphatic heterocycles. The summed E-state index contributed by atoms with van der Waals surface area (Å²) in [6.07, 6.45) is 3.51. The van der Waals surface area contributed by atoms with Crippen LogP contribution in [0, 0.1) is 11.3 Å². The lowest BCUT2D eigenvalue weighted by molar-refractivity contribution is -0.120. The van der Waals surface area contributed by atoms with Crippen molar-refractivity contribution in [1.82, 2.24) is 0 Å². The van der Waals surface area contributed by atoms with Crippen molar-refractivity contribution in [3.8, 4) is 6.07 Å². The lowest BCUT2D eigenvalue weighted by Gasteiger charge is -2.20. The van der Waals surface area contributed by atoms with E-state index < -0.39 is 0 Å². The third-order valence-electron chi connectivity index (χ3n) is 2.99. The molecule has 1 atom stereocenters. The predicted octanol–water partition coefficient (Wildman–Crippen LogP) is 2.78. The van der Waals surface area contributed by atoms with Crippen LogP contribution in [0.1, 0.15) is 42.7 Å². The molecule has 0 saturated heterocycles. The van der Waals surface area contributed by atoms with Crippen molar-refractivity contribution in [3.63, 3.8) is 0 Å². The highest BCUT2D eigenvalue weighted by atomic mass is 16.1. The zero-order valence-electron chi connectivity index (χ0n) is 8.57. The Morgan fingerprint density at radius 2 is 2.00 bits per heavy atom. The van der Waals surface area contributed by atoms with Crippen molar-refractivity contribution in [2.75, 3.05) is 0 Å². The number of hydrogen-bond acceptors (Lipinski definition) is 2. The van der Waals surface area contributed by atoms with Crippen LogP contribution in [0.4, 0.5) is 0 Å². The molecule has 0 unspecified atom stereocenters. The molecule has 1 fully saturated rings. The van der Waals surface area contributed by atoms with Gasteiger partial charge in [-0.2, -0.15) is 5.26 Å². The first-order chi connectivity index (χ1) is 7.29. The molecule has 1 aliphatic carbocycles. The number of benzene rings is 1. The van der Waals surface area contributed by atoms with E-state index in [4.69, 9.17) is 5.26 Å². The van der Waals surface area contributed by atoms with Crippen LogP contribution >= 0.6 is 0 Å². The van der Waals surface area contributed by atoms with Crippen LogP contribution in [0.25, 0.3) is 0 Å². The van der Waals surface area contributed by atoms with E-state index in [1.807, 2.05) is 24.3 Å². The third-order valence-corrected chi connectivity index (χ3v) is 2.99. The second-order valence-corrected chi connectivity index (χ2v) is 4.07. The van der Waals surface area contributed by atoms with Gasteiger partial charge in [0.2, 0.25) is 0 Å². The van der Waals surface area contributed by atoms with Crippen LogP contribution in [0.3, 0.4) is 0 Å². The van der Waals surface area contributed by atoms with Gasteiger partial charge >= 0.3 is 0 Å². The first kappa shape index (κ1) is 9.92. The topological polar surface area (TPSA) is 40.9 Å². The Kier molecular flexibility index (Phi) is 2.82. The summed E-state index contributed by atoms with van der Waals surface area (Å²) >= 11 is 0. The molecule has 1 saturated carbocycles. The van der Waals surface area contributed by atoms with Crippen molar-refractivity contribution in [1.29, 1.82) is 5.26 Å². The van der Waals surface area contributed by atoms with Gasteiger partial charge in [-0.15, -0.1) is 0 Å². The first-order valence-corrected chi connectivity index (χ1v) is 5.31. The summed E-state index contributed by atoms with van der Waals surface area (Å²) in [4.78, 5) is 11.3. The van der Waals surface area contributed by atoms with E-state index in [1.54, 1.807) is 0 Å². The Morgan fingerprint density at radius 3 is 2.60 bits per heavy atom. The summed E-state index contributed by atoms with van der Waals surface area (Å²) in [6.45, 7) is 0. The molecule has 0 N–H and O–H groups in total. The fourth-order valence-corrected chi connectivity index (χ4v) is 2.14. The Hall–Kier alpha value is -1.62. The molecular formula is C13H13NO. The smallest absolute Gasteiger partial charge is 0.133 e. The van der Waals surface area contributed by atoms with E-state index >= 15 is 0 Å². The Morgan fingerprint density at radius 1 is 1.27 bits per heavy atom. The summed E-state index contributed by atoms with van der Waals surface area (Å²) in [5, 5.41) is 8.68. The molecule has 2 nitrogen and oxygen atoms in total. The van der Waals surface area contributed by atoms with Crippen molar-refractivity contribution >= 4 is 5.78 Å². The highest BCUT2D eigenvalue weighted by Crippen LogP contribution is 2.30. The second kappa shape index (κ2) is 4.27. The highest BCUT2D eigenvalue weighted by molar-refractivity contribution is 5.80. The summed E-state index contributed by atoms with van der Waals surface area (Å²) in [7, 11) is 0. The lowest BCUT2D eigenvalue weighted by atomic mass is 9.83. The van der Waals surface area contributed by atoms with Gasteiger partial charge < -0.3 is 0 Å². The zero-order chi connectivity index (χ0) is 10.7. The second-order valence-electron chi connectivity index (χ2n) is 4.07. The number of rotatable bonds is 1. The molecule has 0 aromatic heterocycles. The number of carbonyl (C=O) groups is 1. The van der Waals surface area contributed by atoms with Crippen molar-refractivity contribution in [2.24, 2.45) is 0 Å². The summed E-state index contributed by atoms with van der Waals surface area (Å²) in [5.74, 6) is 0.745. The van der Waals surface area contributed by atoms with E-state index in [0.29, 0.717) is 23.7 Å². The van der Waals surface area contributed by atoms with Crippen LogP contribution in [0.5, 0.6) is 0 Å². The van der Waals surface area contributed by atoms with E-state index in [0.717, 1.165) is 19.3 Å². The molecule has 1 aromatic carbocycles. The summed E-state index contributed by atoms with van der Waals surface area (Å²) in [5.41, 5.74) is 1.88. The zero-order valence-corrected chi connectivity index (χ0v) is 8.57. The number of nitrogens with zero attached hydrogens (tertiary/aromatic N) is 1. The molecule has 0 radical (unpaired) electrons. The fourth-order valence-electron chi connectivity index (χ4n) is 2.14. The van der Waals surface area contributed by atoms with Crippen LogP contribution in [-0.2, 0) is 4.79 Å². The Balaban J connectivity index is 2.15. The highest BCUT2D eigenvalue weighted by Gasteiger charge is 2.20. The average Bonchev–Trinajstić information content (AvgIpc) is 2.29. The largest absolute Gasteiger partial charge is 0.300 e. The van der Waals surface area contributed by atoms with Crippen molar-refractivity contribution in [3.05, 3.63) is 35.4 Å². The Labute approximate surface area is 89.5 Å². The number of Topliss-reactive ketones (excluding diaryl/α,β-unsaturated/α-hetero) is 1. The maximum atomic E-state index is 11.3. The number of hydrogen-bond donors (Lipinski definition) is 0. The minimum absolute atomic E-state index is 0.371. The van der Waals surface area contributed by atoms with Gasteiger partial charge in [0, 0.05) is 12.8 Å². The minimum atomic E-state index is 0.371. The van der Waals surface area contributed by atoms with Gasteiger partial charge in [-0.3, -0.25) is 4.79 Å². The predicted molar refractivity (Wildman–Crippen MR) is 57.4 cm³/mol. The van der Waals surface area contributed by atoms with Gasteiger partial charge in [-0.25, -0.2) is 0 Å². The Bertz CT molecular complexity index is 400. The first-order valence-electron chi connectivity index (χ1n) is 5.31. The van der Waals surface area contributed by atoms with Crippen LogP contribution in [0.2, 0.25) is 0 Å². The monoisotopic (exact) mass is 199 g/mol. The van der Waals surface area contributed by atoms with Crippen LogP contribution < -0.4 is 0 Å². The molecule has 1 aliphatic rings. The van der Waals surface area contributed by atoms with Gasteiger partial charge in [0.05, 0.1) is 11.6 Å². The van der Waals surface area contributed by atoms with Crippen molar-refractivity contribution < 1.29 is 4.79 Å². The van der Waals surface area contributed by atoms with Crippen molar-refractivity contribution in [2.45, 2.75) is 31.6 Å². The van der Waals surface area contributed by atoms with Gasteiger partial charge in [-0.1, -0.05) is 12.1 Å². The molecule has 15 heavy (non-hydrogen) atoms. The maximum Gasteiger partial charge on any atom is 0.133 e. The lowest BCUT2D eigenvalue weighted by Crippen LogP contribution is -2.13. The van der Waals surface area contributed by atoms with E-state index in [1.165, 1.54) is 5.56 Å². The van der Waals surface area contributed by atoms with Gasteiger partial charge in [0.1, 0.15) is 5.78 Å². The van der Waals surface area contributed by atoms with Gasteiger partial charge in [-0.05, 0) is 36.5 Å². The van der Waals surface area contributed by atoms with Gasteiger partial charge in [0.15, 0.2) is 0 Å². The molecule has 2 heteroatoms. The third kappa shape index (κ3) is 2.24. The molecule has 76 valence electrons. The van der Waals surface area contributed by atoms with E-state index in [9.17, 15) is 4.79 Å². The van der Waals surface area contributed by atoms with Gasteiger partial charge in [0.25, 0.3) is 0 Å². The number of ketones is 1. The summed E-state index contributed by atoms with van der Waals surface area (Å²) in [6, 6.07) is 9.70. The number of carbonyl (C=O) groups excluding carboxylic acids is 1. The molecule has 0 bridgehead atoms. The maximum absolute atomic E-state index is 11.3. The molecule has 1 aromatic rings. The van der Waals surface area contributed by atoms with E-state index in [2.05, 4.69) is 6.07 Å². The number of nitriles is 1. The quantitative estimate of drug-likeness (QED) is 0.697. The summed E-state index contributed by atoms with van der Waals surface area (Å²) < 4.78 is 0. The molecular weight excluding hydrogens is 186 g/mol. The molecule has 2 rings (SSSR count). The van der Waals surface area contributed by atoms with Crippen LogP contribution in [0.15, 0.2) is 24.3 Å². The van der Waals surface area contributed by atoms with E-state index in [-0.39, 0.29) is 0 Å².